The Labute approximate surface area is 89.7 Å². The third-order valence-corrected chi connectivity index (χ3v) is 2.71. The van der Waals surface area contributed by atoms with Crippen LogP contribution in [-0.4, -0.2) is 22.3 Å². The van der Waals surface area contributed by atoms with E-state index < -0.39 is 0 Å². The van der Waals surface area contributed by atoms with Crippen LogP contribution in [0.3, 0.4) is 0 Å². The van der Waals surface area contributed by atoms with Crippen molar-refractivity contribution in [1.82, 2.24) is 15.3 Å². The standard InChI is InChI=1S/C10H17N3S/c1-4-8(2)11-5-9-6-12-10(14-3)13-7-9/h6-8,11H,4-5H2,1-3H3/t8-/m0/s1. The second-order valence-electron chi connectivity index (χ2n) is 3.27. The number of nitrogens with zero attached hydrogens (tertiary/aromatic N) is 2. The maximum Gasteiger partial charge on any atom is 0.187 e. The van der Waals surface area contributed by atoms with E-state index in [1.807, 2.05) is 18.6 Å². The average Bonchev–Trinajstić information content (AvgIpc) is 2.26. The molecule has 1 rings (SSSR count). The van der Waals surface area contributed by atoms with Crippen molar-refractivity contribution >= 4 is 11.8 Å². The Kier molecular flexibility index (Phi) is 4.90. The summed E-state index contributed by atoms with van der Waals surface area (Å²) in [6.07, 6.45) is 6.89. The topological polar surface area (TPSA) is 37.8 Å². The second kappa shape index (κ2) is 5.98. The van der Waals surface area contributed by atoms with Crippen molar-refractivity contribution in [3.05, 3.63) is 18.0 Å². The monoisotopic (exact) mass is 211 g/mol. The molecule has 0 saturated carbocycles. The molecule has 0 amide bonds. The van der Waals surface area contributed by atoms with Crippen LogP contribution in [0.5, 0.6) is 0 Å². The Morgan fingerprint density at radius 2 is 2.07 bits per heavy atom. The zero-order chi connectivity index (χ0) is 10.4. The number of rotatable bonds is 5. The summed E-state index contributed by atoms with van der Waals surface area (Å²) in [5.74, 6) is 0. The van der Waals surface area contributed by atoms with Gasteiger partial charge < -0.3 is 5.32 Å². The average molecular weight is 211 g/mol. The molecule has 0 aromatic carbocycles. The van der Waals surface area contributed by atoms with Gasteiger partial charge in [0.2, 0.25) is 0 Å². The van der Waals surface area contributed by atoms with Crippen molar-refractivity contribution in [1.29, 1.82) is 0 Å². The zero-order valence-corrected chi connectivity index (χ0v) is 9.77. The first kappa shape index (κ1) is 11.5. The van der Waals surface area contributed by atoms with Gasteiger partial charge in [0.25, 0.3) is 0 Å². The Balaban J connectivity index is 2.43. The third-order valence-electron chi connectivity index (χ3n) is 2.13. The quantitative estimate of drug-likeness (QED) is 0.598. The number of nitrogens with one attached hydrogen (secondary N) is 1. The SMILES string of the molecule is CC[C@H](C)NCc1cnc(SC)nc1. The van der Waals surface area contributed by atoms with Gasteiger partial charge in [-0.3, -0.25) is 0 Å². The maximum atomic E-state index is 4.21. The summed E-state index contributed by atoms with van der Waals surface area (Å²) in [4.78, 5) is 8.43. The Hall–Kier alpha value is -0.610. The number of thioether (sulfide) groups is 1. The molecule has 78 valence electrons. The fraction of sp³-hybridized carbons (Fsp3) is 0.600. The van der Waals surface area contributed by atoms with Crippen LogP contribution in [0.1, 0.15) is 25.8 Å². The smallest absolute Gasteiger partial charge is 0.187 e. The molecule has 3 nitrogen and oxygen atoms in total. The minimum Gasteiger partial charge on any atom is -0.310 e. The van der Waals surface area contributed by atoms with Gasteiger partial charge in [-0.1, -0.05) is 18.7 Å². The predicted molar refractivity (Wildman–Crippen MR) is 60.4 cm³/mol. The molecule has 0 saturated heterocycles. The lowest BCUT2D eigenvalue weighted by molar-refractivity contribution is 0.532. The Morgan fingerprint density at radius 1 is 1.43 bits per heavy atom. The van der Waals surface area contributed by atoms with Crippen molar-refractivity contribution in [2.75, 3.05) is 6.26 Å². The lowest BCUT2D eigenvalue weighted by Gasteiger charge is -2.10. The van der Waals surface area contributed by atoms with Gasteiger partial charge in [-0.25, -0.2) is 9.97 Å². The van der Waals surface area contributed by atoms with Crippen molar-refractivity contribution < 1.29 is 0 Å². The van der Waals surface area contributed by atoms with E-state index in [0.29, 0.717) is 6.04 Å². The summed E-state index contributed by atoms with van der Waals surface area (Å²) in [6.45, 7) is 5.20. The summed E-state index contributed by atoms with van der Waals surface area (Å²) in [5.41, 5.74) is 1.14. The first-order valence-corrected chi connectivity index (χ1v) is 6.07. The van der Waals surface area contributed by atoms with Crippen LogP contribution in [0.15, 0.2) is 17.6 Å². The van der Waals surface area contributed by atoms with Crippen LogP contribution in [0.25, 0.3) is 0 Å². The highest BCUT2D eigenvalue weighted by Gasteiger charge is 1.99. The third kappa shape index (κ3) is 3.64. The summed E-state index contributed by atoms with van der Waals surface area (Å²) in [7, 11) is 0. The van der Waals surface area contributed by atoms with Crippen LogP contribution in [-0.2, 0) is 6.54 Å². The lowest BCUT2D eigenvalue weighted by Crippen LogP contribution is -2.24. The van der Waals surface area contributed by atoms with Crippen LogP contribution in [0, 0.1) is 0 Å². The summed E-state index contributed by atoms with van der Waals surface area (Å²) >= 11 is 1.56. The molecule has 1 N–H and O–H groups in total. The molecular weight excluding hydrogens is 194 g/mol. The number of hydrogen-bond donors (Lipinski definition) is 1. The normalized spacial score (nSPS) is 12.8. The van der Waals surface area contributed by atoms with Gasteiger partial charge in [0.05, 0.1) is 0 Å². The van der Waals surface area contributed by atoms with Gasteiger partial charge >= 0.3 is 0 Å². The van der Waals surface area contributed by atoms with Gasteiger partial charge in [0.1, 0.15) is 0 Å². The van der Waals surface area contributed by atoms with Crippen molar-refractivity contribution in [3.8, 4) is 0 Å². The van der Waals surface area contributed by atoms with Crippen molar-refractivity contribution in [3.63, 3.8) is 0 Å². The number of hydrogen-bond acceptors (Lipinski definition) is 4. The lowest BCUT2D eigenvalue weighted by atomic mass is 10.2. The van der Waals surface area contributed by atoms with E-state index in [9.17, 15) is 0 Å². The van der Waals surface area contributed by atoms with E-state index in [4.69, 9.17) is 0 Å². The van der Waals surface area contributed by atoms with E-state index in [0.717, 1.165) is 23.7 Å². The van der Waals surface area contributed by atoms with Crippen molar-refractivity contribution in [2.45, 2.75) is 38.0 Å². The molecule has 1 aromatic heterocycles. The summed E-state index contributed by atoms with van der Waals surface area (Å²) in [6, 6.07) is 0.551. The first-order chi connectivity index (χ1) is 6.76. The molecular formula is C10H17N3S. The van der Waals surface area contributed by atoms with E-state index in [2.05, 4.69) is 29.1 Å². The molecule has 4 heteroatoms. The van der Waals surface area contributed by atoms with Gasteiger partial charge in [-0.15, -0.1) is 0 Å². The minimum absolute atomic E-state index is 0.551. The molecule has 1 atom stereocenters. The van der Waals surface area contributed by atoms with Gasteiger partial charge in [-0.05, 0) is 19.6 Å². The summed E-state index contributed by atoms with van der Waals surface area (Å²) < 4.78 is 0. The largest absolute Gasteiger partial charge is 0.310 e. The molecule has 1 aromatic rings. The molecule has 1 heterocycles. The molecule has 0 radical (unpaired) electrons. The molecule has 0 aliphatic rings. The fourth-order valence-electron chi connectivity index (χ4n) is 0.976. The van der Waals surface area contributed by atoms with E-state index in [1.165, 1.54) is 0 Å². The van der Waals surface area contributed by atoms with Crippen molar-refractivity contribution in [2.24, 2.45) is 0 Å². The molecule has 0 fully saturated rings. The highest BCUT2D eigenvalue weighted by Crippen LogP contribution is 2.06. The van der Waals surface area contributed by atoms with E-state index in [1.54, 1.807) is 11.8 Å². The van der Waals surface area contributed by atoms with Gasteiger partial charge in [-0.2, -0.15) is 0 Å². The van der Waals surface area contributed by atoms with Crippen LogP contribution >= 0.6 is 11.8 Å². The molecule has 0 bridgehead atoms. The Bertz CT molecular complexity index is 261. The molecule has 0 aliphatic carbocycles. The fourth-order valence-corrected chi connectivity index (χ4v) is 1.29. The van der Waals surface area contributed by atoms with Crippen LogP contribution in [0.2, 0.25) is 0 Å². The van der Waals surface area contributed by atoms with Gasteiger partial charge in [0.15, 0.2) is 5.16 Å². The predicted octanol–water partition coefficient (Wildman–Crippen LogP) is 2.09. The first-order valence-electron chi connectivity index (χ1n) is 4.84. The minimum atomic E-state index is 0.551. The highest BCUT2D eigenvalue weighted by molar-refractivity contribution is 7.98. The summed E-state index contributed by atoms with van der Waals surface area (Å²) in [5, 5.41) is 4.23. The molecule has 0 aliphatic heterocycles. The van der Waals surface area contributed by atoms with E-state index in [-0.39, 0.29) is 0 Å². The van der Waals surface area contributed by atoms with Gasteiger partial charge in [0, 0.05) is 30.5 Å². The number of aromatic nitrogens is 2. The van der Waals surface area contributed by atoms with E-state index >= 15 is 0 Å². The Morgan fingerprint density at radius 3 is 2.57 bits per heavy atom. The van der Waals surface area contributed by atoms with Crippen LogP contribution < -0.4 is 5.32 Å². The molecule has 0 spiro atoms. The molecule has 0 unspecified atom stereocenters. The van der Waals surface area contributed by atoms with Crippen LogP contribution in [0.4, 0.5) is 0 Å². The zero-order valence-electron chi connectivity index (χ0n) is 8.95. The molecule has 14 heavy (non-hydrogen) atoms. The highest BCUT2D eigenvalue weighted by atomic mass is 32.2. The second-order valence-corrected chi connectivity index (χ2v) is 4.04. The maximum absolute atomic E-state index is 4.21.